The Hall–Kier alpha value is -4.22. The van der Waals surface area contributed by atoms with Gasteiger partial charge in [0.2, 0.25) is 0 Å². The number of carbonyl (C=O) groups is 2. The van der Waals surface area contributed by atoms with Gasteiger partial charge in [0.15, 0.2) is 4.80 Å². The number of nitrogens with zero attached hydrogens (tertiary/aromatic N) is 2. The molecule has 2 aromatic heterocycles. The van der Waals surface area contributed by atoms with Crippen molar-refractivity contribution in [2.75, 3.05) is 13.7 Å². The van der Waals surface area contributed by atoms with Crippen LogP contribution in [0.3, 0.4) is 0 Å². The van der Waals surface area contributed by atoms with E-state index in [0.717, 1.165) is 10.0 Å². The Kier molecular flexibility index (Phi) is 8.84. The second kappa shape index (κ2) is 12.6. The molecule has 0 amide bonds. The number of furan rings is 1. The minimum absolute atomic E-state index is 0.260. The fourth-order valence-electron chi connectivity index (χ4n) is 4.77. The average Bonchev–Trinajstić information content (AvgIpc) is 3.56. The van der Waals surface area contributed by atoms with Crippen molar-refractivity contribution in [3.05, 3.63) is 107 Å². The number of hydrogen-bond donors (Lipinski definition) is 0. The topological polar surface area (TPSA) is 109 Å². The van der Waals surface area contributed by atoms with Crippen LogP contribution in [0.4, 0.5) is 0 Å². The molecule has 222 valence electrons. The summed E-state index contributed by atoms with van der Waals surface area (Å²) in [5.74, 6) is 0.598. The summed E-state index contributed by atoms with van der Waals surface area (Å²) < 4.78 is 25.0. The average molecular weight is 666 g/mol. The van der Waals surface area contributed by atoms with E-state index in [0.29, 0.717) is 50.0 Å². The molecular formula is C32H29BrN2O7S. The lowest BCUT2D eigenvalue weighted by atomic mass is 9.95. The number of aromatic nitrogens is 1. The zero-order valence-corrected chi connectivity index (χ0v) is 26.6. The molecule has 0 radical (unpaired) electrons. The van der Waals surface area contributed by atoms with Crippen LogP contribution < -0.4 is 19.6 Å². The van der Waals surface area contributed by atoms with Crippen LogP contribution in [0.25, 0.3) is 17.4 Å². The minimum atomic E-state index is -0.831. The molecule has 1 atom stereocenters. The lowest BCUT2D eigenvalue weighted by Crippen LogP contribution is -2.40. The first kappa shape index (κ1) is 30.2. The van der Waals surface area contributed by atoms with Crippen LogP contribution in [0.15, 0.2) is 84.5 Å². The standard InChI is InChI=1S/C32H29BrN2O7S/c1-6-40-30(37)20-9-7-19(8-10-20)24-14-12-22(42-24)16-26-29(36)35-28(23-15-21(33)11-13-25(23)39-5)27(31(38)41-17(2)3)18(4)34-32(35)43-26/h7-17,28H,6H2,1-5H3/b26-16-/t28-/m0/s1. The number of rotatable bonds is 8. The van der Waals surface area contributed by atoms with Gasteiger partial charge in [-0.25, -0.2) is 14.6 Å². The molecule has 0 aliphatic carbocycles. The SMILES string of the molecule is CCOC(=O)c1ccc(-c2ccc(/C=c3\sc4n(c3=O)[C@@H](c3cc(Br)ccc3OC)C(C(=O)OC(C)C)=C(C)N=4)o2)cc1. The van der Waals surface area contributed by atoms with E-state index >= 15 is 0 Å². The van der Waals surface area contributed by atoms with E-state index < -0.39 is 12.0 Å². The van der Waals surface area contributed by atoms with Gasteiger partial charge in [-0.2, -0.15) is 0 Å². The quantitative estimate of drug-likeness (QED) is 0.232. The highest BCUT2D eigenvalue weighted by Gasteiger charge is 2.35. The smallest absolute Gasteiger partial charge is 0.338 e. The Bertz CT molecular complexity index is 1920. The number of carbonyl (C=O) groups excluding carboxylic acids is 2. The summed E-state index contributed by atoms with van der Waals surface area (Å²) >= 11 is 4.71. The van der Waals surface area contributed by atoms with Gasteiger partial charge in [0.25, 0.3) is 5.56 Å². The molecule has 0 fully saturated rings. The highest BCUT2D eigenvalue weighted by molar-refractivity contribution is 9.10. The van der Waals surface area contributed by atoms with Gasteiger partial charge in [0.1, 0.15) is 23.3 Å². The summed E-state index contributed by atoms with van der Waals surface area (Å²) in [7, 11) is 1.54. The van der Waals surface area contributed by atoms with E-state index in [2.05, 4.69) is 20.9 Å². The maximum absolute atomic E-state index is 14.0. The molecule has 4 aromatic rings. The molecule has 11 heteroatoms. The number of allylic oxidation sites excluding steroid dienone is 1. The van der Waals surface area contributed by atoms with E-state index in [1.54, 1.807) is 76.2 Å². The maximum Gasteiger partial charge on any atom is 0.338 e. The highest BCUT2D eigenvalue weighted by atomic mass is 79.9. The molecule has 43 heavy (non-hydrogen) atoms. The molecule has 1 aliphatic heterocycles. The number of benzene rings is 2. The summed E-state index contributed by atoms with van der Waals surface area (Å²) in [6, 6.07) is 15.1. The molecular weight excluding hydrogens is 636 g/mol. The summed E-state index contributed by atoms with van der Waals surface area (Å²) in [6.07, 6.45) is 1.29. The molecule has 0 N–H and O–H groups in total. The largest absolute Gasteiger partial charge is 0.496 e. The van der Waals surface area contributed by atoms with Crippen LogP contribution in [0.5, 0.6) is 5.75 Å². The Balaban J connectivity index is 1.59. The minimum Gasteiger partial charge on any atom is -0.496 e. The van der Waals surface area contributed by atoms with Gasteiger partial charge < -0.3 is 18.6 Å². The van der Waals surface area contributed by atoms with Gasteiger partial charge in [-0.3, -0.25) is 9.36 Å². The number of halogens is 1. The normalized spacial score (nSPS) is 14.9. The summed E-state index contributed by atoms with van der Waals surface area (Å²) in [5, 5.41) is 0. The van der Waals surface area contributed by atoms with Crippen molar-refractivity contribution in [2.45, 2.75) is 39.8 Å². The van der Waals surface area contributed by atoms with Crippen molar-refractivity contribution in [1.29, 1.82) is 0 Å². The maximum atomic E-state index is 14.0. The number of ether oxygens (including phenoxy) is 3. The van der Waals surface area contributed by atoms with Crippen LogP contribution in [0.1, 0.15) is 55.4 Å². The molecule has 3 heterocycles. The van der Waals surface area contributed by atoms with Crippen molar-refractivity contribution in [1.82, 2.24) is 4.57 Å². The van der Waals surface area contributed by atoms with E-state index in [4.69, 9.17) is 18.6 Å². The van der Waals surface area contributed by atoms with E-state index in [9.17, 15) is 14.4 Å². The Labute approximate surface area is 259 Å². The van der Waals surface area contributed by atoms with Crippen molar-refractivity contribution >= 4 is 45.3 Å². The molecule has 0 saturated carbocycles. The van der Waals surface area contributed by atoms with E-state index in [1.807, 2.05) is 12.1 Å². The number of esters is 2. The van der Waals surface area contributed by atoms with Gasteiger partial charge in [0, 0.05) is 21.7 Å². The van der Waals surface area contributed by atoms with Crippen molar-refractivity contribution in [3.63, 3.8) is 0 Å². The van der Waals surface area contributed by atoms with Crippen molar-refractivity contribution in [2.24, 2.45) is 4.99 Å². The number of hydrogen-bond acceptors (Lipinski definition) is 9. The summed E-state index contributed by atoms with van der Waals surface area (Å²) in [5.41, 5.74) is 2.20. The monoisotopic (exact) mass is 664 g/mol. The van der Waals surface area contributed by atoms with Gasteiger partial charge >= 0.3 is 11.9 Å². The number of methoxy groups -OCH3 is 1. The molecule has 0 spiro atoms. The van der Waals surface area contributed by atoms with Gasteiger partial charge in [-0.05, 0) is 70.2 Å². The Morgan fingerprint density at radius 2 is 1.86 bits per heavy atom. The fraction of sp³-hybridized carbons (Fsp3) is 0.250. The summed E-state index contributed by atoms with van der Waals surface area (Å²) in [4.78, 5) is 44.4. The van der Waals surface area contributed by atoms with Crippen LogP contribution in [0.2, 0.25) is 0 Å². The lowest BCUT2D eigenvalue weighted by molar-refractivity contribution is -0.143. The third-order valence-electron chi connectivity index (χ3n) is 6.65. The second-order valence-electron chi connectivity index (χ2n) is 9.92. The fourth-order valence-corrected chi connectivity index (χ4v) is 6.18. The molecule has 2 aromatic carbocycles. The highest BCUT2D eigenvalue weighted by Crippen LogP contribution is 2.37. The Morgan fingerprint density at radius 1 is 1.12 bits per heavy atom. The molecule has 1 aliphatic rings. The Morgan fingerprint density at radius 3 is 2.53 bits per heavy atom. The first-order valence-corrected chi connectivity index (χ1v) is 15.2. The molecule has 0 bridgehead atoms. The third-order valence-corrected chi connectivity index (χ3v) is 8.13. The van der Waals surface area contributed by atoms with Crippen LogP contribution >= 0.6 is 27.3 Å². The van der Waals surface area contributed by atoms with Crippen LogP contribution in [0, 0.1) is 0 Å². The predicted octanol–water partition coefficient (Wildman–Crippen LogP) is 5.39. The van der Waals surface area contributed by atoms with Crippen LogP contribution in [-0.2, 0) is 14.3 Å². The van der Waals surface area contributed by atoms with Gasteiger partial charge in [0.05, 0.1) is 41.2 Å². The molecule has 0 saturated heterocycles. The van der Waals surface area contributed by atoms with Crippen molar-refractivity contribution < 1.29 is 28.2 Å². The first-order valence-electron chi connectivity index (χ1n) is 13.6. The summed E-state index contributed by atoms with van der Waals surface area (Å²) in [6.45, 7) is 7.32. The van der Waals surface area contributed by atoms with E-state index in [1.165, 1.54) is 23.0 Å². The second-order valence-corrected chi connectivity index (χ2v) is 11.8. The molecule has 9 nitrogen and oxygen atoms in total. The van der Waals surface area contributed by atoms with Crippen molar-refractivity contribution in [3.8, 4) is 17.1 Å². The van der Waals surface area contributed by atoms with Crippen LogP contribution in [-0.4, -0.2) is 36.3 Å². The number of thiazole rings is 1. The zero-order chi connectivity index (χ0) is 30.8. The molecule has 0 unspecified atom stereocenters. The zero-order valence-electron chi connectivity index (χ0n) is 24.2. The first-order chi connectivity index (χ1) is 20.6. The van der Waals surface area contributed by atoms with Gasteiger partial charge in [-0.1, -0.05) is 39.4 Å². The lowest BCUT2D eigenvalue weighted by Gasteiger charge is -2.26. The number of fused-ring (bicyclic) bond motifs is 1. The predicted molar refractivity (Wildman–Crippen MR) is 166 cm³/mol. The van der Waals surface area contributed by atoms with Gasteiger partial charge in [-0.15, -0.1) is 0 Å². The van der Waals surface area contributed by atoms with E-state index in [-0.39, 0.29) is 23.2 Å². The third kappa shape index (κ3) is 6.14. The molecule has 5 rings (SSSR count).